The highest BCUT2D eigenvalue weighted by Crippen LogP contribution is 2.35. The normalized spacial score (nSPS) is 13.0. The summed E-state index contributed by atoms with van der Waals surface area (Å²) in [6, 6.07) is 14.0. The largest absolute Gasteiger partial charge is 0.338 e. The fourth-order valence-electron chi connectivity index (χ4n) is 3.82. The minimum absolute atomic E-state index is 0.212. The summed E-state index contributed by atoms with van der Waals surface area (Å²) >= 11 is 0. The fourth-order valence-corrected chi connectivity index (χ4v) is 4.69. The second kappa shape index (κ2) is 9.55. The quantitative estimate of drug-likeness (QED) is 0.307. The Morgan fingerprint density at radius 3 is 2.35 bits per heavy atom. The Kier molecular flexibility index (Phi) is 6.72. The third kappa shape index (κ3) is 4.97. The molecule has 2 aromatic carbocycles. The van der Waals surface area contributed by atoms with E-state index >= 15 is 0 Å². The van der Waals surface area contributed by atoms with Gasteiger partial charge in [0.1, 0.15) is 19.3 Å². The molecular weight excluding hydrogens is 441 g/mol. The lowest BCUT2D eigenvalue weighted by Crippen LogP contribution is -2.06. The summed E-state index contributed by atoms with van der Waals surface area (Å²) < 4.78 is 14.3. The van der Waals surface area contributed by atoms with Gasteiger partial charge in [-0.3, -0.25) is 4.57 Å². The van der Waals surface area contributed by atoms with Crippen LogP contribution in [0.1, 0.15) is 48.7 Å². The minimum atomic E-state index is -2.30. The van der Waals surface area contributed by atoms with Crippen molar-refractivity contribution in [2.45, 2.75) is 40.0 Å². The van der Waals surface area contributed by atoms with Gasteiger partial charge in [-0.15, -0.1) is 0 Å². The number of hydrogen-bond donors (Lipinski definition) is 1. The Labute approximate surface area is 201 Å². The summed E-state index contributed by atoms with van der Waals surface area (Å²) in [7, 11) is -2.30. The predicted molar refractivity (Wildman–Crippen MR) is 144 cm³/mol. The van der Waals surface area contributed by atoms with E-state index in [0.29, 0.717) is 11.3 Å². The first-order chi connectivity index (χ1) is 16.2. The third-order valence-corrected chi connectivity index (χ3v) is 7.73. The van der Waals surface area contributed by atoms with E-state index < -0.39 is 7.14 Å². The molecule has 1 atom stereocenters. The molecule has 1 N–H and O–H groups in total. The highest BCUT2D eigenvalue weighted by atomic mass is 31.2. The van der Waals surface area contributed by atoms with E-state index in [-0.39, 0.29) is 5.92 Å². The number of imidazole rings is 1. The molecule has 0 aliphatic heterocycles. The van der Waals surface area contributed by atoms with Crippen molar-refractivity contribution in [3.63, 3.8) is 0 Å². The SMILES string of the molecule is CCC(C)c1nc(Nc2ccc(P(C)(C)=O)cc2)c2ncn(/C=C/c3c(C)cccc3C)c2n1. The number of nitrogens with zero attached hydrogens (tertiary/aromatic N) is 4. The van der Waals surface area contributed by atoms with Gasteiger partial charge in [0.2, 0.25) is 0 Å². The van der Waals surface area contributed by atoms with Gasteiger partial charge < -0.3 is 9.88 Å². The van der Waals surface area contributed by atoms with Crippen LogP contribution in [0.15, 0.2) is 48.8 Å². The molecule has 2 aromatic heterocycles. The molecule has 0 spiro atoms. The molecule has 0 aliphatic rings. The second-order valence-electron chi connectivity index (χ2n) is 9.21. The number of aryl methyl sites for hydroxylation is 2. The van der Waals surface area contributed by atoms with Crippen LogP contribution in [0.4, 0.5) is 11.5 Å². The van der Waals surface area contributed by atoms with E-state index in [4.69, 9.17) is 9.97 Å². The first-order valence-corrected chi connectivity index (χ1v) is 14.2. The van der Waals surface area contributed by atoms with Crippen LogP contribution in [0.3, 0.4) is 0 Å². The number of nitrogens with one attached hydrogen (secondary N) is 1. The summed E-state index contributed by atoms with van der Waals surface area (Å²) in [5.74, 6) is 1.66. The Morgan fingerprint density at radius 1 is 1.06 bits per heavy atom. The van der Waals surface area contributed by atoms with Crippen LogP contribution in [0.5, 0.6) is 0 Å². The zero-order chi connectivity index (χ0) is 24.5. The van der Waals surface area contributed by atoms with E-state index in [1.807, 2.05) is 35.0 Å². The molecule has 0 saturated heterocycles. The van der Waals surface area contributed by atoms with Crippen molar-refractivity contribution >= 4 is 47.4 Å². The van der Waals surface area contributed by atoms with E-state index in [1.54, 1.807) is 19.7 Å². The van der Waals surface area contributed by atoms with Gasteiger partial charge in [0.25, 0.3) is 0 Å². The number of benzene rings is 2. The van der Waals surface area contributed by atoms with Gasteiger partial charge in [-0.1, -0.05) is 32.0 Å². The summed E-state index contributed by atoms with van der Waals surface area (Å²) in [6.07, 6.45) is 6.84. The molecule has 1 unspecified atom stereocenters. The Hall–Kier alpha value is -3.24. The molecular formula is C27H32N5OP. The summed E-state index contributed by atoms with van der Waals surface area (Å²) in [5, 5.41) is 4.26. The Balaban J connectivity index is 1.76. The van der Waals surface area contributed by atoms with E-state index in [0.717, 1.165) is 28.9 Å². The average Bonchev–Trinajstić information content (AvgIpc) is 3.21. The van der Waals surface area contributed by atoms with Gasteiger partial charge in [-0.25, -0.2) is 15.0 Å². The van der Waals surface area contributed by atoms with E-state index in [2.05, 4.69) is 62.3 Å². The fraction of sp³-hybridized carbons (Fsp3) is 0.296. The Bertz CT molecular complexity index is 1380. The first kappa shape index (κ1) is 23.9. The van der Waals surface area contributed by atoms with E-state index in [1.165, 1.54) is 16.7 Å². The lowest BCUT2D eigenvalue weighted by atomic mass is 10.0. The van der Waals surface area contributed by atoms with Gasteiger partial charge in [0.15, 0.2) is 17.0 Å². The Morgan fingerprint density at radius 2 is 1.74 bits per heavy atom. The highest BCUT2D eigenvalue weighted by Gasteiger charge is 2.17. The maximum atomic E-state index is 12.4. The molecule has 0 aliphatic carbocycles. The van der Waals surface area contributed by atoms with Crippen molar-refractivity contribution in [1.29, 1.82) is 0 Å². The van der Waals surface area contributed by atoms with Gasteiger partial charge in [0, 0.05) is 23.1 Å². The van der Waals surface area contributed by atoms with Crippen molar-refractivity contribution in [3.8, 4) is 0 Å². The standard InChI is InChI=1S/C27H32N5OP/c1-7-18(2)25-30-26(29-21-11-13-22(14-12-21)34(5,6)33)24-27(31-25)32(17-28-24)16-15-23-19(3)9-8-10-20(23)4/h8-18H,7H2,1-6H3,(H,29,30,31)/b16-15+. The average molecular weight is 474 g/mol. The van der Waals surface area contributed by atoms with Crippen LogP contribution in [-0.4, -0.2) is 32.8 Å². The molecule has 0 amide bonds. The summed E-state index contributed by atoms with van der Waals surface area (Å²) in [4.78, 5) is 14.3. The molecule has 176 valence electrons. The van der Waals surface area contributed by atoms with Gasteiger partial charge in [0.05, 0.1) is 0 Å². The van der Waals surface area contributed by atoms with Gasteiger partial charge in [-0.05, 0) is 80.6 Å². The second-order valence-corrected chi connectivity index (χ2v) is 12.4. The zero-order valence-electron chi connectivity index (χ0n) is 20.7. The predicted octanol–water partition coefficient (Wildman–Crippen LogP) is 6.58. The van der Waals surface area contributed by atoms with Crippen molar-refractivity contribution in [3.05, 3.63) is 71.3 Å². The van der Waals surface area contributed by atoms with Crippen LogP contribution >= 0.6 is 7.14 Å². The van der Waals surface area contributed by atoms with Crippen LogP contribution in [0, 0.1) is 13.8 Å². The van der Waals surface area contributed by atoms with Crippen molar-refractivity contribution in [2.24, 2.45) is 0 Å². The monoisotopic (exact) mass is 473 g/mol. The van der Waals surface area contributed by atoms with Crippen LogP contribution in [0.2, 0.25) is 0 Å². The van der Waals surface area contributed by atoms with Crippen molar-refractivity contribution in [2.75, 3.05) is 18.6 Å². The molecule has 0 saturated carbocycles. The molecule has 34 heavy (non-hydrogen) atoms. The maximum Gasteiger partial charge on any atom is 0.169 e. The maximum absolute atomic E-state index is 12.4. The number of aromatic nitrogens is 4. The van der Waals surface area contributed by atoms with Crippen molar-refractivity contribution < 1.29 is 4.57 Å². The molecule has 4 aromatic rings. The molecule has 0 fully saturated rings. The first-order valence-electron chi connectivity index (χ1n) is 11.6. The summed E-state index contributed by atoms with van der Waals surface area (Å²) in [5.41, 5.74) is 5.99. The molecule has 2 heterocycles. The van der Waals surface area contributed by atoms with Crippen LogP contribution in [0.25, 0.3) is 23.4 Å². The minimum Gasteiger partial charge on any atom is -0.338 e. The molecule has 4 rings (SSSR count). The molecule has 0 radical (unpaired) electrons. The molecule has 0 bridgehead atoms. The zero-order valence-corrected chi connectivity index (χ0v) is 21.6. The van der Waals surface area contributed by atoms with Crippen LogP contribution < -0.4 is 10.6 Å². The summed E-state index contributed by atoms with van der Waals surface area (Å²) in [6.45, 7) is 12.1. The van der Waals surface area contributed by atoms with Crippen LogP contribution in [-0.2, 0) is 4.57 Å². The lowest BCUT2D eigenvalue weighted by molar-refractivity contribution is 0.588. The number of anilines is 2. The molecule has 7 heteroatoms. The number of rotatable bonds is 7. The van der Waals surface area contributed by atoms with E-state index in [9.17, 15) is 4.57 Å². The molecule has 6 nitrogen and oxygen atoms in total. The van der Waals surface area contributed by atoms with Gasteiger partial charge >= 0.3 is 0 Å². The number of hydrogen-bond acceptors (Lipinski definition) is 5. The topological polar surface area (TPSA) is 72.7 Å². The smallest absolute Gasteiger partial charge is 0.169 e. The lowest BCUT2D eigenvalue weighted by Gasteiger charge is -2.13. The van der Waals surface area contributed by atoms with Gasteiger partial charge in [-0.2, -0.15) is 0 Å². The third-order valence-electron chi connectivity index (χ3n) is 6.19. The number of fused-ring (bicyclic) bond motifs is 1. The van der Waals surface area contributed by atoms with Crippen molar-refractivity contribution in [1.82, 2.24) is 19.5 Å². The highest BCUT2D eigenvalue weighted by molar-refractivity contribution is 7.70.